The molecule has 1 heterocycles. The van der Waals surface area contributed by atoms with E-state index in [1.807, 2.05) is 0 Å². The molecule has 2 N–H and O–H groups in total. The Bertz CT molecular complexity index is 249. The van der Waals surface area contributed by atoms with Crippen LogP contribution in [0.2, 0.25) is 0 Å². The van der Waals surface area contributed by atoms with E-state index < -0.39 is 0 Å². The number of carbonyl (C=O) groups excluding carboxylic acids is 1. The highest BCUT2D eigenvalue weighted by Gasteiger charge is 2.40. The third-order valence-electron chi connectivity index (χ3n) is 3.80. The maximum absolute atomic E-state index is 11.8. The quantitative estimate of drug-likeness (QED) is 0.799. The summed E-state index contributed by atoms with van der Waals surface area (Å²) in [4.78, 5) is 13.6. The highest BCUT2D eigenvalue weighted by Crippen LogP contribution is 2.37. The fourth-order valence-corrected chi connectivity index (χ4v) is 2.76. The van der Waals surface area contributed by atoms with Crippen molar-refractivity contribution >= 4 is 6.09 Å². The van der Waals surface area contributed by atoms with Crippen LogP contribution in [0.3, 0.4) is 0 Å². The minimum atomic E-state index is -0.124. The van der Waals surface area contributed by atoms with Gasteiger partial charge in [-0.25, -0.2) is 4.79 Å². The molecule has 2 aliphatic rings. The van der Waals surface area contributed by atoms with E-state index in [0.29, 0.717) is 6.54 Å². The fraction of sp³-hybridized carbons (Fsp3) is 0.917. The maximum Gasteiger partial charge on any atom is 0.410 e. The summed E-state index contributed by atoms with van der Waals surface area (Å²) in [5.74, 6) is 0. The lowest BCUT2D eigenvalue weighted by atomic mass is 9.81. The second-order valence-electron chi connectivity index (χ2n) is 4.99. The summed E-state index contributed by atoms with van der Waals surface area (Å²) in [6.45, 7) is 2.22. The molecule has 2 rings (SSSR count). The van der Waals surface area contributed by atoms with E-state index in [0.717, 1.165) is 38.8 Å². The van der Waals surface area contributed by atoms with Crippen molar-refractivity contribution < 1.29 is 9.53 Å². The Labute approximate surface area is 97.1 Å². The summed E-state index contributed by atoms with van der Waals surface area (Å²) >= 11 is 0. The van der Waals surface area contributed by atoms with E-state index in [-0.39, 0.29) is 11.7 Å². The molecule has 1 aliphatic heterocycles. The predicted molar refractivity (Wildman–Crippen MR) is 62.2 cm³/mol. The van der Waals surface area contributed by atoms with E-state index in [9.17, 15) is 4.79 Å². The van der Waals surface area contributed by atoms with Crippen LogP contribution >= 0.6 is 0 Å². The van der Waals surface area contributed by atoms with Gasteiger partial charge in [-0.05, 0) is 38.6 Å². The van der Waals surface area contributed by atoms with Crippen LogP contribution in [0, 0.1) is 0 Å². The van der Waals surface area contributed by atoms with Crippen LogP contribution in [0.4, 0.5) is 4.79 Å². The van der Waals surface area contributed by atoms with Gasteiger partial charge in [-0.15, -0.1) is 0 Å². The molecule has 0 unspecified atom stereocenters. The molecule has 4 nitrogen and oxygen atoms in total. The maximum atomic E-state index is 11.8. The molecule has 1 amide bonds. The van der Waals surface area contributed by atoms with Gasteiger partial charge in [0.2, 0.25) is 0 Å². The number of ether oxygens (including phenoxy) is 1. The van der Waals surface area contributed by atoms with Gasteiger partial charge in [0.15, 0.2) is 0 Å². The van der Waals surface area contributed by atoms with Crippen molar-refractivity contribution in [2.45, 2.75) is 50.5 Å². The van der Waals surface area contributed by atoms with Crippen LogP contribution in [-0.2, 0) is 4.74 Å². The van der Waals surface area contributed by atoms with Crippen LogP contribution in [0.25, 0.3) is 0 Å². The first kappa shape index (κ1) is 11.7. The molecule has 0 aromatic heterocycles. The van der Waals surface area contributed by atoms with Crippen LogP contribution in [-0.4, -0.2) is 36.2 Å². The van der Waals surface area contributed by atoms with Gasteiger partial charge < -0.3 is 15.4 Å². The summed E-state index contributed by atoms with van der Waals surface area (Å²) in [6, 6.07) is 0. The Morgan fingerprint density at radius 1 is 1.25 bits per heavy atom. The van der Waals surface area contributed by atoms with E-state index in [4.69, 9.17) is 10.5 Å². The normalized spacial score (nSPS) is 24.6. The number of nitrogens with two attached hydrogens (primary N) is 1. The highest BCUT2D eigenvalue weighted by molar-refractivity contribution is 5.69. The fourth-order valence-electron chi connectivity index (χ4n) is 2.76. The lowest BCUT2D eigenvalue weighted by molar-refractivity contribution is -0.0685. The Morgan fingerprint density at radius 3 is 2.62 bits per heavy atom. The Kier molecular flexibility index (Phi) is 3.69. The van der Waals surface area contributed by atoms with Crippen molar-refractivity contribution in [3.05, 3.63) is 0 Å². The molecule has 0 bridgehead atoms. The zero-order chi connectivity index (χ0) is 11.4. The SMILES string of the molecule is NCCCN1CCC2(CCCCC2)OC1=O. The molecule has 0 radical (unpaired) electrons. The molecular weight excluding hydrogens is 204 g/mol. The number of hydrogen-bond acceptors (Lipinski definition) is 3. The monoisotopic (exact) mass is 226 g/mol. The van der Waals surface area contributed by atoms with Gasteiger partial charge in [0.05, 0.1) is 0 Å². The largest absolute Gasteiger partial charge is 0.443 e. The predicted octanol–water partition coefficient (Wildman–Crippen LogP) is 1.88. The van der Waals surface area contributed by atoms with E-state index >= 15 is 0 Å². The van der Waals surface area contributed by atoms with Crippen molar-refractivity contribution in [2.75, 3.05) is 19.6 Å². The first-order chi connectivity index (χ1) is 7.76. The molecule has 0 aromatic rings. The average molecular weight is 226 g/mol. The third-order valence-corrected chi connectivity index (χ3v) is 3.80. The second kappa shape index (κ2) is 5.04. The smallest absolute Gasteiger partial charge is 0.410 e. The third kappa shape index (κ3) is 2.48. The minimum Gasteiger partial charge on any atom is -0.443 e. The minimum absolute atomic E-state index is 0.117. The molecule has 1 spiro atoms. The van der Waals surface area contributed by atoms with Gasteiger partial charge in [-0.2, -0.15) is 0 Å². The van der Waals surface area contributed by atoms with Crippen molar-refractivity contribution in [3.8, 4) is 0 Å². The molecule has 4 heteroatoms. The molecule has 2 fully saturated rings. The summed E-state index contributed by atoms with van der Waals surface area (Å²) < 4.78 is 5.67. The van der Waals surface area contributed by atoms with Crippen molar-refractivity contribution in [1.29, 1.82) is 0 Å². The molecule has 16 heavy (non-hydrogen) atoms. The summed E-state index contributed by atoms with van der Waals surface area (Å²) in [5.41, 5.74) is 5.33. The molecule has 1 saturated heterocycles. The number of carbonyl (C=O) groups is 1. The molecule has 0 aromatic carbocycles. The summed E-state index contributed by atoms with van der Waals surface area (Å²) in [5, 5.41) is 0. The topological polar surface area (TPSA) is 55.6 Å². The zero-order valence-electron chi connectivity index (χ0n) is 9.91. The van der Waals surface area contributed by atoms with Crippen LogP contribution in [0.5, 0.6) is 0 Å². The van der Waals surface area contributed by atoms with Gasteiger partial charge in [0, 0.05) is 19.5 Å². The molecule has 0 atom stereocenters. The van der Waals surface area contributed by atoms with Gasteiger partial charge in [0.1, 0.15) is 5.60 Å². The van der Waals surface area contributed by atoms with Gasteiger partial charge >= 0.3 is 6.09 Å². The van der Waals surface area contributed by atoms with E-state index in [2.05, 4.69) is 0 Å². The summed E-state index contributed by atoms with van der Waals surface area (Å²) in [7, 11) is 0. The van der Waals surface area contributed by atoms with E-state index in [1.165, 1.54) is 19.3 Å². The van der Waals surface area contributed by atoms with Crippen LogP contribution in [0.1, 0.15) is 44.9 Å². The standard InChI is InChI=1S/C12H22N2O2/c13-8-4-9-14-10-7-12(16-11(14)15)5-2-1-3-6-12/h1-10,13H2. The molecule has 1 aliphatic carbocycles. The van der Waals surface area contributed by atoms with E-state index in [1.54, 1.807) is 4.90 Å². The van der Waals surface area contributed by atoms with Crippen molar-refractivity contribution in [1.82, 2.24) is 4.90 Å². The van der Waals surface area contributed by atoms with Gasteiger partial charge in [-0.3, -0.25) is 0 Å². The van der Waals surface area contributed by atoms with Crippen LogP contribution in [0.15, 0.2) is 0 Å². The number of hydrogen-bond donors (Lipinski definition) is 1. The second-order valence-corrected chi connectivity index (χ2v) is 4.99. The van der Waals surface area contributed by atoms with Crippen molar-refractivity contribution in [3.63, 3.8) is 0 Å². The zero-order valence-corrected chi connectivity index (χ0v) is 9.91. The Morgan fingerprint density at radius 2 is 2.00 bits per heavy atom. The van der Waals surface area contributed by atoms with Gasteiger partial charge in [0.25, 0.3) is 0 Å². The number of nitrogens with zero attached hydrogens (tertiary/aromatic N) is 1. The molecular formula is C12H22N2O2. The van der Waals surface area contributed by atoms with Crippen molar-refractivity contribution in [2.24, 2.45) is 5.73 Å². The lowest BCUT2D eigenvalue weighted by Gasteiger charge is -2.43. The van der Waals surface area contributed by atoms with Gasteiger partial charge in [-0.1, -0.05) is 6.42 Å². The Balaban J connectivity index is 1.88. The van der Waals surface area contributed by atoms with Crippen LogP contribution < -0.4 is 5.73 Å². The number of rotatable bonds is 3. The summed E-state index contributed by atoms with van der Waals surface area (Å²) in [6.07, 6.45) is 7.56. The first-order valence-corrected chi connectivity index (χ1v) is 6.44. The first-order valence-electron chi connectivity index (χ1n) is 6.44. The lowest BCUT2D eigenvalue weighted by Crippen LogP contribution is -2.50. The average Bonchev–Trinajstić information content (AvgIpc) is 2.29. The number of amides is 1. The highest BCUT2D eigenvalue weighted by atomic mass is 16.6. The Hall–Kier alpha value is -0.770. The molecule has 92 valence electrons. The molecule has 1 saturated carbocycles.